The predicted molar refractivity (Wildman–Crippen MR) is 88.9 cm³/mol. The molecule has 3 heterocycles. The number of aromatic nitrogens is 2. The van der Waals surface area contributed by atoms with E-state index in [1.54, 1.807) is 18.2 Å². The van der Waals surface area contributed by atoms with E-state index in [-0.39, 0.29) is 23.3 Å². The van der Waals surface area contributed by atoms with Crippen molar-refractivity contribution in [3.05, 3.63) is 40.3 Å². The van der Waals surface area contributed by atoms with E-state index in [1.807, 2.05) is 6.07 Å². The summed E-state index contributed by atoms with van der Waals surface area (Å²) in [5.74, 6) is 0.831. The van der Waals surface area contributed by atoms with Gasteiger partial charge < -0.3 is 14.2 Å². The average molecular weight is 363 g/mol. The van der Waals surface area contributed by atoms with Gasteiger partial charge in [-0.3, -0.25) is 9.59 Å². The van der Waals surface area contributed by atoms with Crippen LogP contribution < -0.4 is 5.32 Å². The second-order valence-electron chi connectivity index (χ2n) is 4.74. The minimum Gasteiger partial charge on any atom is -0.459 e. The number of carbonyl (C=O) groups is 2. The van der Waals surface area contributed by atoms with Crippen molar-refractivity contribution in [1.82, 2.24) is 15.5 Å². The van der Waals surface area contributed by atoms with Gasteiger partial charge >= 0.3 is 0 Å². The van der Waals surface area contributed by atoms with Crippen LogP contribution in [0.1, 0.15) is 21.5 Å². The number of Topliss-reactive ketones (excluding diaryl/α,β-unsaturated/α-hetero) is 1. The van der Waals surface area contributed by atoms with E-state index < -0.39 is 0 Å². The molecule has 3 rings (SSSR count). The lowest BCUT2D eigenvalue weighted by Gasteiger charge is -1.97. The molecule has 0 unspecified atom stereocenters. The molecule has 0 aliphatic rings. The fourth-order valence-corrected chi connectivity index (χ4v) is 3.42. The van der Waals surface area contributed by atoms with Gasteiger partial charge in [0.05, 0.1) is 23.4 Å². The highest BCUT2D eigenvalue weighted by Crippen LogP contribution is 2.25. The Balaban J connectivity index is 1.55. The molecule has 0 fully saturated rings. The van der Waals surface area contributed by atoms with Crippen LogP contribution in [0.25, 0.3) is 11.7 Å². The van der Waals surface area contributed by atoms with Crippen LogP contribution in [-0.4, -0.2) is 27.6 Å². The molecule has 24 heavy (non-hydrogen) atoms. The number of furan rings is 1. The van der Waals surface area contributed by atoms with Gasteiger partial charge in [0.15, 0.2) is 11.5 Å². The molecule has 0 aliphatic carbocycles. The van der Waals surface area contributed by atoms with Gasteiger partial charge in [0.2, 0.25) is 5.91 Å². The normalized spacial score (nSPS) is 10.7. The van der Waals surface area contributed by atoms with Gasteiger partial charge in [-0.05, 0) is 24.3 Å². The van der Waals surface area contributed by atoms with E-state index in [2.05, 4.69) is 15.5 Å². The van der Waals surface area contributed by atoms with E-state index >= 15 is 0 Å². The minimum absolute atomic E-state index is 0.0307. The number of nitrogens with one attached hydrogen (secondary N) is 1. The van der Waals surface area contributed by atoms with Gasteiger partial charge in [0.25, 0.3) is 11.1 Å². The maximum atomic E-state index is 12.2. The van der Waals surface area contributed by atoms with Gasteiger partial charge in [-0.1, -0.05) is 11.8 Å². The number of rotatable bonds is 7. The van der Waals surface area contributed by atoms with Crippen LogP contribution in [0.15, 0.2) is 44.6 Å². The summed E-state index contributed by atoms with van der Waals surface area (Å²) >= 11 is 2.54. The topological polar surface area (TPSA) is 98.2 Å². The number of ketones is 1. The lowest BCUT2D eigenvalue weighted by atomic mass is 10.3. The molecule has 0 atom stereocenters. The van der Waals surface area contributed by atoms with Crippen LogP contribution in [0.4, 0.5) is 0 Å². The third kappa shape index (κ3) is 4.12. The van der Waals surface area contributed by atoms with Crippen LogP contribution in [0.2, 0.25) is 0 Å². The molecule has 3 aromatic rings. The predicted octanol–water partition coefficient (Wildman–Crippen LogP) is 3.00. The number of thioether (sulfide) groups is 1. The zero-order valence-electron chi connectivity index (χ0n) is 12.6. The van der Waals surface area contributed by atoms with Crippen LogP contribution >= 0.6 is 23.1 Å². The first kappa shape index (κ1) is 16.5. The molecule has 1 amide bonds. The number of thiophene rings is 1. The number of nitrogens with zero attached hydrogens (tertiary/aromatic N) is 2. The molecule has 0 spiro atoms. The maximum Gasteiger partial charge on any atom is 0.284 e. The molecule has 3 aromatic heterocycles. The third-order valence-electron chi connectivity index (χ3n) is 2.91. The Morgan fingerprint density at radius 1 is 1.29 bits per heavy atom. The van der Waals surface area contributed by atoms with E-state index in [0.717, 1.165) is 4.88 Å². The standard InChI is InChI=1S/C15H13N3O4S2/c1-9(19)16-7-10-4-5-13(24-10)11(20)8-23-15-18-17-14(22-15)12-3-2-6-21-12/h2-6H,7-8H2,1H3,(H,16,19). The average Bonchev–Trinajstić information content (AvgIpc) is 3.31. The number of carbonyl (C=O) groups excluding carboxylic acids is 2. The zero-order valence-corrected chi connectivity index (χ0v) is 14.3. The van der Waals surface area contributed by atoms with Gasteiger partial charge in [0, 0.05) is 11.8 Å². The number of amides is 1. The SMILES string of the molecule is CC(=O)NCc1ccc(C(=O)CSc2nnc(-c3ccco3)o2)s1. The van der Waals surface area contributed by atoms with Gasteiger partial charge in [-0.15, -0.1) is 21.5 Å². The molecule has 7 nitrogen and oxygen atoms in total. The molecule has 0 aliphatic heterocycles. The summed E-state index contributed by atoms with van der Waals surface area (Å²) in [4.78, 5) is 24.7. The van der Waals surface area contributed by atoms with Crippen LogP contribution in [0.3, 0.4) is 0 Å². The fourth-order valence-electron chi connectivity index (χ4n) is 1.80. The zero-order chi connectivity index (χ0) is 16.9. The van der Waals surface area contributed by atoms with Crippen molar-refractivity contribution in [2.45, 2.75) is 18.7 Å². The highest BCUT2D eigenvalue weighted by atomic mass is 32.2. The quantitative estimate of drug-likeness (QED) is 0.509. The minimum atomic E-state index is -0.101. The second kappa shape index (κ2) is 7.45. The van der Waals surface area contributed by atoms with Gasteiger partial charge in [0.1, 0.15) is 0 Å². The first-order valence-corrected chi connectivity index (χ1v) is 8.78. The molecular weight excluding hydrogens is 350 g/mol. The first-order chi connectivity index (χ1) is 11.6. The molecule has 1 N–H and O–H groups in total. The Kier molecular flexibility index (Phi) is 5.11. The Morgan fingerprint density at radius 3 is 2.92 bits per heavy atom. The summed E-state index contributed by atoms with van der Waals surface area (Å²) in [7, 11) is 0. The van der Waals surface area contributed by atoms with Gasteiger partial charge in [-0.2, -0.15) is 0 Å². The highest BCUT2D eigenvalue weighted by molar-refractivity contribution is 7.99. The summed E-state index contributed by atoms with van der Waals surface area (Å²) in [6.45, 7) is 1.88. The Hall–Kier alpha value is -2.39. The van der Waals surface area contributed by atoms with Crippen molar-refractivity contribution < 1.29 is 18.4 Å². The van der Waals surface area contributed by atoms with Crippen molar-refractivity contribution >= 4 is 34.8 Å². The summed E-state index contributed by atoms with van der Waals surface area (Å²) in [5, 5.41) is 10.8. The molecule has 0 aromatic carbocycles. The molecule has 0 bridgehead atoms. The van der Waals surface area contributed by atoms with E-state index in [1.165, 1.54) is 36.3 Å². The lowest BCUT2D eigenvalue weighted by Crippen LogP contribution is -2.18. The van der Waals surface area contributed by atoms with E-state index in [0.29, 0.717) is 22.4 Å². The molecular formula is C15H13N3O4S2. The Bertz CT molecular complexity index is 839. The van der Waals surface area contributed by atoms with Crippen molar-refractivity contribution in [2.24, 2.45) is 0 Å². The molecule has 0 saturated heterocycles. The van der Waals surface area contributed by atoms with Crippen LogP contribution in [0.5, 0.6) is 0 Å². The summed E-state index contributed by atoms with van der Waals surface area (Å²) in [6.07, 6.45) is 1.52. The van der Waals surface area contributed by atoms with Crippen molar-refractivity contribution in [3.63, 3.8) is 0 Å². The number of hydrogen-bond acceptors (Lipinski definition) is 8. The second-order valence-corrected chi connectivity index (χ2v) is 6.83. The third-order valence-corrected chi connectivity index (χ3v) is 4.86. The molecule has 9 heteroatoms. The monoisotopic (exact) mass is 363 g/mol. The molecule has 124 valence electrons. The van der Waals surface area contributed by atoms with E-state index in [9.17, 15) is 9.59 Å². The summed E-state index contributed by atoms with van der Waals surface area (Å²) in [5.41, 5.74) is 0. The smallest absolute Gasteiger partial charge is 0.284 e. The largest absolute Gasteiger partial charge is 0.459 e. The van der Waals surface area contributed by atoms with Crippen molar-refractivity contribution in [2.75, 3.05) is 5.75 Å². The van der Waals surface area contributed by atoms with E-state index in [4.69, 9.17) is 8.83 Å². The highest BCUT2D eigenvalue weighted by Gasteiger charge is 2.15. The molecule has 0 saturated carbocycles. The van der Waals surface area contributed by atoms with Crippen LogP contribution in [-0.2, 0) is 11.3 Å². The van der Waals surface area contributed by atoms with Crippen molar-refractivity contribution in [1.29, 1.82) is 0 Å². The summed E-state index contributed by atoms with van der Waals surface area (Å²) < 4.78 is 10.6. The number of hydrogen-bond donors (Lipinski definition) is 1. The molecule has 0 radical (unpaired) electrons. The fraction of sp³-hybridized carbons (Fsp3) is 0.200. The summed E-state index contributed by atoms with van der Waals surface area (Å²) in [6, 6.07) is 7.04. The first-order valence-electron chi connectivity index (χ1n) is 6.98. The lowest BCUT2D eigenvalue weighted by molar-refractivity contribution is -0.119. The van der Waals surface area contributed by atoms with Crippen LogP contribution in [0, 0.1) is 0 Å². The maximum absolute atomic E-state index is 12.2. The van der Waals surface area contributed by atoms with Crippen molar-refractivity contribution in [3.8, 4) is 11.7 Å². The van der Waals surface area contributed by atoms with Gasteiger partial charge in [-0.25, -0.2) is 0 Å². The Morgan fingerprint density at radius 2 is 2.17 bits per heavy atom. The Labute approximate surface area is 145 Å².